The molecule has 0 saturated heterocycles. The van der Waals surface area contributed by atoms with Gasteiger partial charge in [-0.1, -0.05) is 30.3 Å². The van der Waals surface area contributed by atoms with E-state index in [9.17, 15) is 19.2 Å². The Balaban J connectivity index is 2.73. The van der Waals surface area contributed by atoms with Crippen LogP contribution in [0.1, 0.15) is 5.56 Å². The Morgan fingerprint density at radius 3 is 2.21 bits per heavy atom. The Labute approximate surface area is 167 Å². The van der Waals surface area contributed by atoms with Gasteiger partial charge in [-0.15, -0.1) is 0 Å². The molecule has 10 nitrogen and oxygen atoms in total. The average Bonchev–Trinajstić information content (AvgIpc) is 2.69. The molecule has 0 aliphatic rings. The topological polar surface area (TPSA) is 171 Å². The van der Waals surface area contributed by atoms with Crippen LogP contribution in [0.4, 0.5) is 0 Å². The number of aliphatic carboxylic acids is 1. The molecule has 1 aromatic rings. The van der Waals surface area contributed by atoms with Gasteiger partial charge in [-0.3, -0.25) is 14.4 Å². The number of rotatable bonds is 11. The van der Waals surface area contributed by atoms with Crippen molar-refractivity contribution in [3.05, 3.63) is 35.9 Å². The summed E-state index contributed by atoms with van der Waals surface area (Å²) in [6.45, 7) is -1.07. The van der Waals surface area contributed by atoms with Gasteiger partial charge in [0.2, 0.25) is 17.7 Å². The number of carbonyl (C=O) groups excluding carboxylic acids is 3. The minimum absolute atomic E-state index is 0.110. The van der Waals surface area contributed by atoms with Crippen molar-refractivity contribution in [3.63, 3.8) is 0 Å². The zero-order chi connectivity index (χ0) is 21.1. The standard InChI is InChI=1S/C17H24N4O6S/c18-11(8-22)15(24)21-12(6-10-4-2-1-3-5-10)16(25)19-7-14(23)20-13(9-28)17(26)27/h1-5,11-13,22,28H,6-9,18H2,(H,19,25)(H,20,23)(H,21,24)(H,26,27). The molecule has 3 unspecified atom stereocenters. The van der Waals surface area contributed by atoms with Gasteiger partial charge in [-0.05, 0) is 5.56 Å². The highest BCUT2D eigenvalue weighted by Crippen LogP contribution is 2.04. The number of amides is 3. The molecule has 0 spiro atoms. The summed E-state index contributed by atoms with van der Waals surface area (Å²) in [6.07, 6.45) is 0.132. The summed E-state index contributed by atoms with van der Waals surface area (Å²) in [5.41, 5.74) is 6.21. The summed E-state index contributed by atoms with van der Waals surface area (Å²) in [5.74, 6) is -3.45. The maximum Gasteiger partial charge on any atom is 0.327 e. The molecular weight excluding hydrogens is 388 g/mol. The predicted molar refractivity (Wildman–Crippen MR) is 104 cm³/mol. The largest absolute Gasteiger partial charge is 0.480 e. The summed E-state index contributed by atoms with van der Waals surface area (Å²) >= 11 is 3.83. The third-order valence-electron chi connectivity index (χ3n) is 3.69. The van der Waals surface area contributed by atoms with Crippen molar-refractivity contribution in [2.75, 3.05) is 18.9 Å². The van der Waals surface area contributed by atoms with Crippen LogP contribution >= 0.6 is 12.6 Å². The third-order valence-corrected chi connectivity index (χ3v) is 4.05. The van der Waals surface area contributed by atoms with E-state index in [0.29, 0.717) is 0 Å². The van der Waals surface area contributed by atoms with E-state index in [1.54, 1.807) is 30.3 Å². The minimum Gasteiger partial charge on any atom is -0.480 e. The van der Waals surface area contributed by atoms with Gasteiger partial charge in [0.05, 0.1) is 13.2 Å². The van der Waals surface area contributed by atoms with Crippen molar-refractivity contribution < 1.29 is 29.4 Å². The SMILES string of the molecule is NC(CO)C(=O)NC(Cc1ccccc1)C(=O)NCC(=O)NC(CS)C(=O)O. The van der Waals surface area contributed by atoms with Gasteiger partial charge < -0.3 is 31.9 Å². The second-order valence-corrected chi connectivity index (χ2v) is 6.26. The molecule has 11 heteroatoms. The smallest absolute Gasteiger partial charge is 0.327 e. The third kappa shape index (κ3) is 7.94. The summed E-state index contributed by atoms with van der Waals surface area (Å²) in [7, 11) is 0. The summed E-state index contributed by atoms with van der Waals surface area (Å²) in [4.78, 5) is 47.1. The molecule has 7 N–H and O–H groups in total. The van der Waals surface area contributed by atoms with E-state index in [4.69, 9.17) is 15.9 Å². The zero-order valence-electron chi connectivity index (χ0n) is 15.0. The fraction of sp³-hybridized carbons (Fsp3) is 0.412. The van der Waals surface area contributed by atoms with E-state index in [0.717, 1.165) is 5.56 Å². The van der Waals surface area contributed by atoms with Crippen LogP contribution < -0.4 is 21.7 Å². The van der Waals surface area contributed by atoms with E-state index >= 15 is 0 Å². The number of nitrogens with one attached hydrogen (secondary N) is 3. The molecular formula is C17H24N4O6S. The molecule has 3 amide bonds. The van der Waals surface area contributed by atoms with Gasteiger partial charge in [0.15, 0.2) is 0 Å². The van der Waals surface area contributed by atoms with E-state index < -0.39 is 55.0 Å². The van der Waals surface area contributed by atoms with Gasteiger partial charge in [-0.2, -0.15) is 12.6 Å². The van der Waals surface area contributed by atoms with E-state index in [2.05, 4.69) is 28.6 Å². The van der Waals surface area contributed by atoms with Crippen molar-refractivity contribution in [1.82, 2.24) is 16.0 Å². The summed E-state index contributed by atoms with van der Waals surface area (Å²) in [5, 5.41) is 24.9. The van der Waals surface area contributed by atoms with E-state index in [1.807, 2.05) is 0 Å². The highest BCUT2D eigenvalue weighted by molar-refractivity contribution is 7.80. The van der Waals surface area contributed by atoms with Crippen molar-refractivity contribution in [3.8, 4) is 0 Å². The Morgan fingerprint density at radius 1 is 1.04 bits per heavy atom. The number of nitrogens with two attached hydrogens (primary N) is 1. The van der Waals surface area contributed by atoms with Crippen LogP contribution in [0.15, 0.2) is 30.3 Å². The lowest BCUT2D eigenvalue weighted by Gasteiger charge is -2.20. The Kier molecular flexibility index (Phi) is 9.99. The van der Waals surface area contributed by atoms with Crippen LogP contribution in [-0.2, 0) is 25.6 Å². The molecule has 0 fully saturated rings. The van der Waals surface area contributed by atoms with Crippen LogP contribution in [0, 0.1) is 0 Å². The van der Waals surface area contributed by atoms with Crippen LogP contribution in [0.3, 0.4) is 0 Å². The highest BCUT2D eigenvalue weighted by Gasteiger charge is 2.25. The molecule has 0 aliphatic heterocycles. The Hall–Kier alpha value is -2.63. The Bertz CT molecular complexity index is 687. The van der Waals surface area contributed by atoms with E-state index in [1.165, 1.54) is 0 Å². The molecule has 28 heavy (non-hydrogen) atoms. The normalized spacial score (nSPS) is 13.7. The average molecular weight is 412 g/mol. The number of carboxylic acid groups (broad SMARTS) is 1. The first-order valence-corrected chi connectivity index (χ1v) is 9.03. The van der Waals surface area contributed by atoms with Crippen LogP contribution in [0.2, 0.25) is 0 Å². The maximum atomic E-state index is 12.4. The monoisotopic (exact) mass is 412 g/mol. The first-order chi connectivity index (χ1) is 13.3. The highest BCUT2D eigenvalue weighted by atomic mass is 32.1. The van der Waals surface area contributed by atoms with Gasteiger partial charge in [-0.25, -0.2) is 4.79 Å². The maximum absolute atomic E-state index is 12.4. The lowest BCUT2D eigenvalue weighted by Crippen LogP contribution is -2.55. The molecule has 0 saturated carbocycles. The van der Waals surface area contributed by atoms with Gasteiger partial charge in [0.25, 0.3) is 0 Å². The van der Waals surface area contributed by atoms with Crippen LogP contribution in [0.5, 0.6) is 0 Å². The lowest BCUT2D eigenvalue weighted by atomic mass is 10.0. The minimum atomic E-state index is -1.25. The van der Waals surface area contributed by atoms with Gasteiger partial charge >= 0.3 is 5.97 Å². The number of benzene rings is 1. The molecule has 154 valence electrons. The molecule has 0 heterocycles. The Morgan fingerprint density at radius 2 is 1.68 bits per heavy atom. The number of hydrogen-bond acceptors (Lipinski definition) is 7. The second kappa shape index (κ2) is 12.0. The molecule has 0 bridgehead atoms. The van der Waals surface area contributed by atoms with Crippen LogP contribution in [-0.4, -0.2) is 70.9 Å². The first kappa shape index (κ1) is 23.4. The molecule has 3 atom stereocenters. The number of hydrogen-bond donors (Lipinski definition) is 7. The summed E-state index contributed by atoms with van der Waals surface area (Å²) in [6, 6.07) is 5.43. The predicted octanol–water partition coefficient (Wildman–Crippen LogP) is -2.35. The molecule has 0 aromatic heterocycles. The van der Waals surface area contributed by atoms with Crippen LogP contribution in [0.25, 0.3) is 0 Å². The number of aliphatic hydroxyl groups excluding tert-OH is 1. The first-order valence-electron chi connectivity index (χ1n) is 8.40. The molecule has 1 aromatic carbocycles. The molecule has 0 radical (unpaired) electrons. The number of thiol groups is 1. The number of carbonyl (C=O) groups is 4. The van der Waals surface area contributed by atoms with Crippen molar-refractivity contribution >= 4 is 36.3 Å². The van der Waals surface area contributed by atoms with Gasteiger partial charge in [0, 0.05) is 12.2 Å². The number of aliphatic hydroxyl groups is 1. The summed E-state index contributed by atoms with van der Waals surface area (Å²) < 4.78 is 0. The fourth-order valence-electron chi connectivity index (χ4n) is 2.14. The van der Waals surface area contributed by atoms with Crippen molar-refractivity contribution in [2.24, 2.45) is 5.73 Å². The quantitative estimate of drug-likeness (QED) is 0.199. The lowest BCUT2D eigenvalue weighted by molar-refractivity contribution is -0.141. The zero-order valence-corrected chi connectivity index (χ0v) is 15.9. The second-order valence-electron chi connectivity index (χ2n) is 5.90. The fourth-order valence-corrected chi connectivity index (χ4v) is 2.39. The van der Waals surface area contributed by atoms with Crippen molar-refractivity contribution in [2.45, 2.75) is 24.5 Å². The molecule has 1 rings (SSSR count). The van der Waals surface area contributed by atoms with Gasteiger partial charge in [0.1, 0.15) is 18.1 Å². The van der Waals surface area contributed by atoms with E-state index in [-0.39, 0.29) is 12.2 Å². The number of carboxylic acids is 1. The molecule has 0 aliphatic carbocycles. The van der Waals surface area contributed by atoms with Crippen molar-refractivity contribution in [1.29, 1.82) is 0 Å².